The Morgan fingerprint density at radius 3 is 2.59 bits per heavy atom. The number of aliphatic imine (C=N–C) groups is 1. The number of carbonyl (C=O) groups excluding carboxylic acids is 4. The zero-order valence-electron chi connectivity index (χ0n) is 32.5. The van der Waals surface area contributed by atoms with Gasteiger partial charge in [0.1, 0.15) is 0 Å². The van der Waals surface area contributed by atoms with Gasteiger partial charge in [0.05, 0.1) is 36.7 Å². The second-order valence-corrected chi connectivity index (χ2v) is 18.2. The number of nitrogens with zero attached hydrogens (tertiary/aromatic N) is 5. The van der Waals surface area contributed by atoms with Crippen LogP contribution in [0.5, 0.6) is 11.5 Å². The maximum absolute atomic E-state index is 13.7. The first kappa shape index (κ1) is 40.5. The van der Waals surface area contributed by atoms with Crippen molar-refractivity contribution in [1.29, 1.82) is 0 Å². The Morgan fingerprint density at radius 2 is 1.81 bits per heavy atom. The number of rotatable bonds is 15. The lowest BCUT2D eigenvalue weighted by Crippen LogP contribution is -2.37. The van der Waals surface area contributed by atoms with E-state index < -0.39 is 5.91 Å². The number of hydrogen-bond donors (Lipinski definition) is 3. The minimum absolute atomic E-state index is 0.105. The van der Waals surface area contributed by atoms with E-state index >= 15 is 0 Å². The third kappa shape index (κ3) is 9.06. The average Bonchev–Trinajstić information content (AvgIpc) is 3.93. The molecule has 0 bridgehead atoms. The van der Waals surface area contributed by atoms with Crippen LogP contribution in [0.15, 0.2) is 77.2 Å². The average molecular weight is 839 g/mol. The molecule has 17 heteroatoms. The molecule has 4 heterocycles. The Kier molecular flexibility index (Phi) is 12.2. The van der Waals surface area contributed by atoms with Crippen LogP contribution in [0.3, 0.4) is 0 Å². The van der Waals surface area contributed by atoms with Gasteiger partial charge in [-0.05, 0) is 56.4 Å². The zero-order valence-corrected chi connectivity index (χ0v) is 35.0. The summed E-state index contributed by atoms with van der Waals surface area (Å²) in [6.07, 6.45) is 6.58. The smallest absolute Gasteiger partial charge is 0.291 e. The minimum Gasteiger partial charge on any atom is -0.493 e. The molecule has 2 aliphatic heterocycles. The van der Waals surface area contributed by atoms with Crippen LogP contribution in [0.25, 0.3) is 11.3 Å². The van der Waals surface area contributed by atoms with Crippen LogP contribution < -0.4 is 30.3 Å². The van der Waals surface area contributed by atoms with Crippen LogP contribution >= 0.6 is 32.9 Å². The molecular formula is C41H42N8O6S3. The van der Waals surface area contributed by atoms with E-state index in [4.69, 9.17) is 9.47 Å². The maximum Gasteiger partial charge on any atom is 0.291 e. The number of aryl methyl sites for hydroxylation is 1. The molecule has 0 saturated heterocycles. The number of methoxy groups -OCH3 is 1. The number of anilines is 3. The summed E-state index contributed by atoms with van der Waals surface area (Å²) < 4.78 is 13.0. The molecule has 0 saturated carbocycles. The Labute approximate surface area is 347 Å². The number of para-hydroxylation sites is 1. The fourth-order valence-corrected chi connectivity index (χ4v) is 9.45. The van der Waals surface area contributed by atoms with Crippen LogP contribution in [0.2, 0.25) is 0 Å². The van der Waals surface area contributed by atoms with Gasteiger partial charge in [0.15, 0.2) is 22.3 Å². The van der Waals surface area contributed by atoms with Crippen molar-refractivity contribution in [2.24, 2.45) is 12.0 Å². The van der Waals surface area contributed by atoms with E-state index in [2.05, 4.69) is 44.8 Å². The highest BCUT2D eigenvalue weighted by molar-refractivity contribution is 8.77. The van der Waals surface area contributed by atoms with Crippen molar-refractivity contribution in [3.63, 3.8) is 0 Å². The van der Waals surface area contributed by atoms with E-state index in [9.17, 15) is 19.2 Å². The first-order valence-corrected chi connectivity index (χ1v) is 21.9. The van der Waals surface area contributed by atoms with Crippen LogP contribution in [0.4, 0.5) is 22.9 Å². The summed E-state index contributed by atoms with van der Waals surface area (Å²) in [5.74, 6) is 0.0430. The molecule has 4 amide bonds. The van der Waals surface area contributed by atoms with Gasteiger partial charge < -0.3 is 30.0 Å². The highest BCUT2D eigenvalue weighted by atomic mass is 33.1. The van der Waals surface area contributed by atoms with Crippen molar-refractivity contribution in [3.8, 4) is 22.8 Å². The molecule has 0 fully saturated rings. The lowest BCUT2D eigenvalue weighted by atomic mass is 10.1. The van der Waals surface area contributed by atoms with Crippen molar-refractivity contribution in [2.75, 3.05) is 42.1 Å². The first-order chi connectivity index (χ1) is 27.9. The number of amides is 4. The molecule has 3 aromatic carbocycles. The Bertz CT molecular complexity index is 2390. The molecule has 1 atom stereocenters. The number of nitrogens with one attached hydrogen (secondary N) is 3. The summed E-state index contributed by atoms with van der Waals surface area (Å²) >= 11 is 1.28. The van der Waals surface area contributed by atoms with Crippen LogP contribution in [0, 0.1) is 0 Å². The molecule has 0 unspecified atom stereocenters. The fourth-order valence-electron chi connectivity index (χ4n) is 6.59. The number of thiazole rings is 1. The van der Waals surface area contributed by atoms with Gasteiger partial charge in [-0.25, -0.2) is 9.97 Å². The molecule has 0 spiro atoms. The topological polar surface area (TPSA) is 169 Å². The second kappa shape index (κ2) is 17.5. The van der Waals surface area contributed by atoms with Crippen molar-refractivity contribution < 1.29 is 28.7 Å². The molecule has 2 aromatic heterocycles. The molecule has 58 heavy (non-hydrogen) atoms. The minimum atomic E-state index is -0.453. The van der Waals surface area contributed by atoms with Crippen molar-refractivity contribution >= 4 is 85.6 Å². The van der Waals surface area contributed by atoms with Crippen molar-refractivity contribution in [1.82, 2.24) is 19.9 Å². The van der Waals surface area contributed by atoms with E-state index in [-0.39, 0.29) is 53.2 Å². The summed E-state index contributed by atoms with van der Waals surface area (Å²) in [5.41, 5.74) is 4.90. The number of hydrogen-bond acceptors (Lipinski definition) is 12. The number of aromatic nitrogens is 3. The third-order valence-electron chi connectivity index (χ3n) is 9.40. The van der Waals surface area contributed by atoms with Gasteiger partial charge in [-0.2, -0.15) is 0 Å². The Morgan fingerprint density at radius 1 is 1.02 bits per heavy atom. The fraction of sp³-hybridized carbons (Fsp3) is 0.293. The highest BCUT2D eigenvalue weighted by Crippen LogP contribution is 2.41. The lowest BCUT2D eigenvalue weighted by molar-refractivity contribution is -0.116. The van der Waals surface area contributed by atoms with Gasteiger partial charge >= 0.3 is 0 Å². The lowest BCUT2D eigenvalue weighted by Gasteiger charge is -2.22. The zero-order chi connectivity index (χ0) is 41.0. The van der Waals surface area contributed by atoms with E-state index in [1.165, 1.54) is 23.0 Å². The van der Waals surface area contributed by atoms with Crippen LogP contribution in [-0.4, -0.2) is 81.7 Å². The molecule has 300 valence electrons. The van der Waals surface area contributed by atoms with E-state index in [1.54, 1.807) is 70.2 Å². The van der Waals surface area contributed by atoms with Crippen LogP contribution in [0.1, 0.15) is 63.0 Å². The SMILES string of the molecule is COc1cc2c(cc1OCCCC(=O)Nc1cn(C)c(C(=O)Nc3ccc(-c4csc(C(=O)NCC(C)(C)SSC)n4)cc3)n1)N=C[C@@H]1Cc3ccccc3N1C2=O. The Hall–Kier alpha value is -5.65. The van der Waals surface area contributed by atoms with Gasteiger partial charge in [-0.1, -0.05) is 51.9 Å². The summed E-state index contributed by atoms with van der Waals surface area (Å²) in [6.45, 7) is 4.87. The summed E-state index contributed by atoms with van der Waals surface area (Å²) in [7, 11) is 6.54. The monoisotopic (exact) mass is 838 g/mol. The molecular weight excluding hydrogens is 797 g/mol. The highest BCUT2D eigenvalue weighted by Gasteiger charge is 2.36. The van der Waals surface area contributed by atoms with Gasteiger partial charge in [0, 0.05) is 72.0 Å². The van der Waals surface area contributed by atoms with E-state index in [0.29, 0.717) is 58.5 Å². The number of ether oxygens (including phenoxy) is 2. The summed E-state index contributed by atoms with van der Waals surface area (Å²) in [6, 6.07) is 18.2. The summed E-state index contributed by atoms with van der Waals surface area (Å²) in [5, 5.41) is 10.8. The molecule has 0 aliphatic carbocycles. The summed E-state index contributed by atoms with van der Waals surface area (Å²) in [4.78, 5) is 67.6. The number of carbonyl (C=O) groups is 4. The first-order valence-electron chi connectivity index (χ1n) is 18.4. The predicted molar refractivity (Wildman–Crippen MR) is 231 cm³/mol. The Balaban J connectivity index is 0.888. The molecule has 14 nitrogen and oxygen atoms in total. The molecule has 7 rings (SSSR count). The standard InChI is InChI=1S/C41H42N8O6S3/c1-41(2,58-56-5)23-43-38(52)39-45-30(22-57-39)24-12-14-26(15-13-24)44-37(51)36-47-34(21-48(36)3)46-35(50)11-8-16-55-33-19-29-28(18-32(33)54-4)40(53)49-27(20-42-29)17-25-9-6-7-10-31(25)49/h6-7,9-10,12-15,18-22,27H,8,11,16-17,23H2,1-5H3,(H,43,52)(H,44,51)(H,46,50)/t27-/m0/s1. The molecule has 0 radical (unpaired) electrons. The molecule has 2 aliphatic rings. The maximum atomic E-state index is 13.7. The normalized spacial score (nSPS) is 14.3. The predicted octanol–water partition coefficient (Wildman–Crippen LogP) is 7.41. The largest absolute Gasteiger partial charge is 0.493 e. The van der Waals surface area contributed by atoms with E-state index in [1.807, 2.05) is 48.0 Å². The van der Waals surface area contributed by atoms with Crippen molar-refractivity contribution in [2.45, 2.75) is 43.9 Å². The van der Waals surface area contributed by atoms with Gasteiger partial charge in [-0.15, -0.1) is 11.3 Å². The quantitative estimate of drug-likeness (QED) is 0.0713. The molecule has 3 N–H and O–H groups in total. The van der Waals surface area contributed by atoms with Gasteiger partial charge in [0.25, 0.3) is 17.7 Å². The van der Waals surface area contributed by atoms with E-state index in [0.717, 1.165) is 16.8 Å². The number of fused-ring (bicyclic) bond motifs is 4. The third-order valence-corrected chi connectivity index (χ3v) is 12.9. The second-order valence-electron chi connectivity index (χ2n) is 14.2. The number of imidazole rings is 1. The van der Waals surface area contributed by atoms with Gasteiger partial charge in [0.2, 0.25) is 11.7 Å². The number of benzene rings is 3. The van der Waals surface area contributed by atoms with Gasteiger partial charge in [-0.3, -0.25) is 29.1 Å². The van der Waals surface area contributed by atoms with Crippen LogP contribution in [-0.2, 0) is 18.3 Å². The molecule has 5 aromatic rings. The van der Waals surface area contributed by atoms with Crippen molar-refractivity contribution in [3.05, 3.63) is 94.2 Å².